The van der Waals surface area contributed by atoms with Gasteiger partial charge in [0.15, 0.2) is 0 Å². The van der Waals surface area contributed by atoms with Crippen molar-refractivity contribution < 1.29 is 0 Å². The van der Waals surface area contributed by atoms with Crippen LogP contribution < -0.4 is 5.19 Å². The van der Waals surface area contributed by atoms with E-state index in [0.717, 1.165) is 6.04 Å². The van der Waals surface area contributed by atoms with Gasteiger partial charge in [0.05, 0.1) is 8.07 Å². The van der Waals surface area contributed by atoms with Crippen LogP contribution in [0, 0.1) is 0 Å². The highest BCUT2D eigenvalue weighted by molar-refractivity contribution is 6.90. The van der Waals surface area contributed by atoms with E-state index in [4.69, 9.17) is 0 Å². The Balaban J connectivity index is 2.95. The van der Waals surface area contributed by atoms with E-state index in [0.29, 0.717) is 0 Å². The minimum absolute atomic E-state index is 1.14. The Hall–Kier alpha value is -1.08. The number of hydrogen-bond donors (Lipinski definition) is 0. The molecule has 14 heavy (non-hydrogen) atoms. The molecule has 0 heterocycles. The zero-order chi connectivity index (χ0) is 10.6. The van der Waals surface area contributed by atoms with Crippen molar-refractivity contribution in [3.05, 3.63) is 49.1 Å². The second kappa shape index (κ2) is 4.42. The van der Waals surface area contributed by atoms with Crippen molar-refractivity contribution >= 4 is 19.3 Å². The lowest BCUT2D eigenvalue weighted by Crippen LogP contribution is -2.40. The van der Waals surface area contributed by atoms with Crippen molar-refractivity contribution in [2.75, 3.05) is 0 Å². The molecule has 0 fully saturated rings. The second-order valence-corrected chi connectivity index (χ2v) is 8.96. The van der Waals surface area contributed by atoms with Crippen LogP contribution in [0.5, 0.6) is 0 Å². The van der Waals surface area contributed by atoms with E-state index in [1.54, 1.807) is 0 Å². The first-order valence-electron chi connectivity index (χ1n) is 4.94. The van der Waals surface area contributed by atoms with E-state index in [1.165, 1.54) is 10.8 Å². The molecule has 1 heteroatoms. The van der Waals surface area contributed by atoms with Crippen LogP contribution in [0.15, 0.2) is 43.5 Å². The van der Waals surface area contributed by atoms with Crippen LogP contribution in [0.3, 0.4) is 0 Å². The van der Waals surface area contributed by atoms with Gasteiger partial charge in [-0.05, 0) is 11.6 Å². The molecule has 0 aromatic heterocycles. The molecule has 0 saturated carbocycles. The Labute approximate surface area is 88.0 Å². The minimum atomic E-state index is -1.27. The molecule has 0 amide bonds. The molecule has 0 atom stereocenters. The Morgan fingerprint density at radius 3 is 2.14 bits per heavy atom. The molecule has 0 radical (unpaired) electrons. The van der Waals surface area contributed by atoms with Gasteiger partial charge in [-0.15, -0.1) is 6.58 Å². The molecular formula is C13H18Si. The molecule has 0 bridgehead atoms. The molecule has 0 aliphatic heterocycles. The lowest BCUT2D eigenvalue weighted by atomic mass is 10.2. The third kappa shape index (κ3) is 2.45. The molecule has 0 unspecified atom stereocenters. The van der Waals surface area contributed by atoms with E-state index < -0.39 is 8.07 Å². The molecule has 74 valence electrons. The predicted molar refractivity (Wildman–Crippen MR) is 68.7 cm³/mol. The van der Waals surface area contributed by atoms with Gasteiger partial charge in [0.1, 0.15) is 0 Å². The maximum Gasteiger partial charge on any atom is 0.0843 e. The summed E-state index contributed by atoms with van der Waals surface area (Å²) in [4.78, 5) is 0. The second-order valence-electron chi connectivity index (χ2n) is 4.20. The Bertz CT molecular complexity index is 320. The average Bonchev–Trinajstić information content (AvgIpc) is 2.18. The van der Waals surface area contributed by atoms with Crippen LogP contribution in [0.1, 0.15) is 5.56 Å². The molecule has 0 aliphatic carbocycles. The number of rotatable bonds is 4. The molecular weight excluding hydrogens is 184 g/mol. The van der Waals surface area contributed by atoms with Gasteiger partial charge in [0.2, 0.25) is 0 Å². The molecule has 1 rings (SSSR count). The summed E-state index contributed by atoms with van der Waals surface area (Å²) >= 11 is 0. The summed E-state index contributed by atoms with van der Waals surface area (Å²) in [7, 11) is -1.27. The van der Waals surface area contributed by atoms with E-state index >= 15 is 0 Å². The highest BCUT2D eigenvalue weighted by Gasteiger charge is 2.20. The lowest BCUT2D eigenvalue weighted by molar-refractivity contribution is 1.54. The smallest absolute Gasteiger partial charge is 0.0843 e. The summed E-state index contributed by atoms with van der Waals surface area (Å²) in [5.74, 6) is 0. The first-order chi connectivity index (χ1) is 6.60. The van der Waals surface area contributed by atoms with Crippen molar-refractivity contribution in [3.8, 4) is 0 Å². The third-order valence-electron chi connectivity index (χ3n) is 2.58. The van der Waals surface area contributed by atoms with Gasteiger partial charge >= 0.3 is 0 Å². The largest absolute Gasteiger partial charge is 0.103 e. The predicted octanol–water partition coefficient (Wildman–Crippen LogP) is 3.43. The van der Waals surface area contributed by atoms with Gasteiger partial charge in [0.25, 0.3) is 0 Å². The number of hydrogen-bond acceptors (Lipinski definition) is 0. The summed E-state index contributed by atoms with van der Waals surface area (Å²) in [6, 6.07) is 9.88. The van der Waals surface area contributed by atoms with Gasteiger partial charge in [0, 0.05) is 0 Å². The maximum atomic E-state index is 3.82. The van der Waals surface area contributed by atoms with Crippen molar-refractivity contribution in [2.24, 2.45) is 0 Å². The molecule has 1 aromatic carbocycles. The fourth-order valence-electron chi connectivity index (χ4n) is 1.55. The summed E-state index contributed by atoms with van der Waals surface area (Å²) in [6.45, 7) is 12.3. The zero-order valence-electron chi connectivity index (χ0n) is 9.09. The standard InChI is InChI=1S/C13H18Si/c1-5-11-14(3,4)13-9-7-12(6-2)8-10-13/h5-10H,1-2,11H2,3-4H3. The Kier molecular flexibility index (Phi) is 3.47. The monoisotopic (exact) mass is 202 g/mol. The SMILES string of the molecule is C=CC[Si](C)(C)c1ccc(C=C)cc1. The summed E-state index contributed by atoms with van der Waals surface area (Å²) in [5, 5.41) is 1.49. The zero-order valence-corrected chi connectivity index (χ0v) is 10.1. The van der Waals surface area contributed by atoms with Crippen LogP contribution >= 0.6 is 0 Å². The van der Waals surface area contributed by atoms with E-state index in [2.05, 4.69) is 50.5 Å². The third-order valence-corrected chi connectivity index (χ3v) is 5.79. The van der Waals surface area contributed by atoms with Crippen LogP contribution in [0.2, 0.25) is 19.1 Å². The van der Waals surface area contributed by atoms with Crippen LogP contribution in [0.25, 0.3) is 6.08 Å². The molecule has 1 aromatic rings. The maximum absolute atomic E-state index is 3.82. The summed E-state index contributed by atoms with van der Waals surface area (Å²) in [6.07, 6.45) is 3.92. The number of allylic oxidation sites excluding steroid dienone is 1. The summed E-state index contributed by atoms with van der Waals surface area (Å²) < 4.78 is 0. The van der Waals surface area contributed by atoms with E-state index in [1.807, 2.05) is 12.2 Å². The van der Waals surface area contributed by atoms with Crippen molar-refractivity contribution in [2.45, 2.75) is 19.1 Å². The number of benzene rings is 1. The van der Waals surface area contributed by atoms with Gasteiger partial charge in [-0.25, -0.2) is 0 Å². The molecule has 0 spiro atoms. The Morgan fingerprint density at radius 1 is 1.14 bits per heavy atom. The fraction of sp³-hybridized carbons (Fsp3) is 0.231. The fourth-order valence-corrected chi connectivity index (χ4v) is 3.58. The van der Waals surface area contributed by atoms with Crippen LogP contribution in [-0.2, 0) is 0 Å². The molecule has 0 nitrogen and oxygen atoms in total. The average molecular weight is 202 g/mol. The first kappa shape index (κ1) is 11.0. The van der Waals surface area contributed by atoms with Crippen LogP contribution in [0.4, 0.5) is 0 Å². The van der Waals surface area contributed by atoms with Gasteiger partial charge < -0.3 is 0 Å². The lowest BCUT2D eigenvalue weighted by Gasteiger charge is -2.21. The highest BCUT2D eigenvalue weighted by atomic mass is 28.3. The summed E-state index contributed by atoms with van der Waals surface area (Å²) in [5.41, 5.74) is 1.19. The van der Waals surface area contributed by atoms with E-state index in [9.17, 15) is 0 Å². The molecule has 0 saturated heterocycles. The molecule has 0 N–H and O–H groups in total. The normalized spacial score (nSPS) is 11.0. The van der Waals surface area contributed by atoms with Crippen molar-refractivity contribution in [1.82, 2.24) is 0 Å². The quantitative estimate of drug-likeness (QED) is 0.518. The molecule has 0 aliphatic rings. The van der Waals surface area contributed by atoms with Crippen molar-refractivity contribution in [1.29, 1.82) is 0 Å². The highest BCUT2D eigenvalue weighted by Crippen LogP contribution is 2.11. The van der Waals surface area contributed by atoms with Gasteiger partial charge in [-0.3, -0.25) is 0 Å². The van der Waals surface area contributed by atoms with Crippen molar-refractivity contribution in [3.63, 3.8) is 0 Å². The van der Waals surface area contributed by atoms with Crippen LogP contribution in [-0.4, -0.2) is 8.07 Å². The minimum Gasteiger partial charge on any atom is -0.103 e. The van der Waals surface area contributed by atoms with E-state index in [-0.39, 0.29) is 0 Å². The van der Waals surface area contributed by atoms with Gasteiger partial charge in [-0.2, -0.15) is 0 Å². The first-order valence-corrected chi connectivity index (χ1v) is 8.15. The topological polar surface area (TPSA) is 0 Å². The Morgan fingerprint density at radius 2 is 1.71 bits per heavy atom. The van der Waals surface area contributed by atoms with Gasteiger partial charge in [-0.1, -0.05) is 61.3 Å².